The minimum Gasteiger partial charge on any atom is -0.497 e. The maximum absolute atomic E-state index is 13.6. The topological polar surface area (TPSA) is 119 Å². The first-order valence-electron chi connectivity index (χ1n) is 15.1. The Morgan fingerprint density at radius 2 is 1.60 bits per heavy atom. The smallest absolute Gasteiger partial charge is 0.272 e. The summed E-state index contributed by atoms with van der Waals surface area (Å²) in [7, 11) is 3.18. The highest BCUT2D eigenvalue weighted by Crippen LogP contribution is 2.31. The molecule has 5 rings (SSSR count). The molecule has 0 saturated carbocycles. The van der Waals surface area contributed by atoms with E-state index in [1.165, 1.54) is 23.1 Å². The van der Waals surface area contributed by atoms with Gasteiger partial charge in [-0.05, 0) is 84.8 Å². The molecule has 0 aliphatic heterocycles. The fraction of sp³-hybridized carbons (Fsp3) is 0.135. The molecule has 1 atom stereocenters. The van der Waals surface area contributed by atoms with Crippen molar-refractivity contribution in [2.45, 2.75) is 23.5 Å². The highest BCUT2D eigenvalue weighted by atomic mass is 32.2. The van der Waals surface area contributed by atoms with Crippen molar-refractivity contribution in [1.82, 2.24) is 10.3 Å². The summed E-state index contributed by atoms with van der Waals surface area (Å²) in [5.41, 5.74) is 3.34. The minimum atomic E-state index is -0.509. The monoisotopic (exact) mass is 678 g/mol. The van der Waals surface area contributed by atoms with E-state index in [1.807, 2.05) is 54.8 Å². The molecule has 9 nitrogen and oxygen atoms in total. The number of rotatable bonds is 13. The molecule has 4 aromatic carbocycles. The van der Waals surface area contributed by atoms with Gasteiger partial charge in [-0.2, -0.15) is 0 Å². The lowest BCUT2D eigenvalue weighted by Crippen LogP contribution is -2.30. The molecule has 0 bridgehead atoms. The highest BCUT2D eigenvalue weighted by Gasteiger charge is 2.21. The number of amides is 3. The lowest BCUT2D eigenvalue weighted by Gasteiger charge is -2.15. The molecule has 5 aromatic rings. The Balaban J connectivity index is 1.27. The van der Waals surface area contributed by atoms with Gasteiger partial charge in [-0.3, -0.25) is 14.4 Å². The summed E-state index contributed by atoms with van der Waals surface area (Å²) < 4.78 is 10.5. The molecule has 48 heavy (non-hydrogen) atoms. The molecule has 0 aliphatic rings. The molecular weight excluding hydrogens is 645 g/mol. The summed E-state index contributed by atoms with van der Waals surface area (Å²) in [4.78, 5) is 45.2. The van der Waals surface area contributed by atoms with E-state index in [0.29, 0.717) is 34.1 Å². The number of anilines is 2. The fourth-order valence-corrected chi connectivity index (χ4v) is 6.32. The zero-order valence-electron chi connectivity index (χ0n) is 26.6. The number of methoxy groups -OCH3 is 2. The summed E-state index contributed by atoms with van der Waals surface area (Å²) in [5, 5.41) is 10.6. The number of carbonyl (C=O) groups excluding carboxylic acids is 3. The van der Waals surface area contributed by atoms with Crippen molar-refractivity contribution in [1.29, 1.82) is 0 Å². The Hall–Kier alpha value is -5.39. The van der Waals surface area contributed by atoms with Gasteiger partial charge in [0.2, 0.25) is 5.91 Å². The lowest BCUT2D eigenvalue weighted by atomic mass is 10.1. The number of ether oxygens (including phenoxy) is 2. The lowest BCUT2D eigenvalue weighted by molar-refractivity contribution is -0.116. The number of hydrogen-bond acceptors (Lipinski definition) is 8. The molecule has 0 spiro atoms. The standard InChI is InChI=1S/C37H34N4O5S2/c1-4-33(36(44)41-37-40-32(23-47-37)25-16-18-28(45-2)19-17-25)48-30-15-9-13-27(22-30)38-35(43)31(21-24-10-8-14-29(20-24)46-3)39-34(42)26-11-6-5-7-12-26/h5-23,33H,4H2,1-3H3,(H,38,43)(H,39,42)(H,40,41,44)/b31-21-. The first kappa shape index (κ1) is 34.0. The first-order valence-corrected chi connectivity index (χ1v) is 16.8. The summed E-state index contributed by atoms with van der Waals surface area (Å²) >= 11 is 2.75. The summed E-state index contributed by atoms with van der Waals surface area (Å²) in [5.74, 6) is 0.279. The van der Waals surface area contributed by atoms with Crippen molar-refractivity contribution >= 4 is 57.7 Å². The van der Waals surface area contributed by atoms with Gasteiger partial charge in [0, 0.05) is 27.1 Å². The molecule has 1 heterocycles. The normalized spacial score (nSPS) is 11.7. The highest BCUT2D eigenvalue weighted by molar-refractivity contribution is 8.00. The molecule has 1 unspecified atom stereocenters. The molecule has 0 fully saturated rings. The average molecular weight is 679 g/mol. The molecule has 0 aliphatic carbocycles. The van der Waals surface area contributed by atoms with E-state index < -0.39 is 17.1 Å². The van der Waals surface area contributed by atoms with Gasteiger partial charge in [0.25, 0.3) is 11.8 Å². The molecule has 11 heteroatoms. The van der Waals surface area contributed by atoms with E-state index in [0.717, 1.165) is 21.9 Å². The van der Waals surface area contributed by atoms with Crippen molar-refractivity contribution in [3.05, 3.63) is 125 Å². The van der Waals surface area contributed by atoms with Crippen molar-refractivity contribution in [2.75, 3.05) is 24.9 Å². The summed E-state index contributed by atoms with van der Waals surface area (Å²) in [6.45, 7) is 1.94. The maximum atomic E-state index is 13.6. The number of thioether (sulfide) groups is 1. The van der Waals surface area contributed by atoms with E-state index in [1.54, 1.807) is 81.0 Å². The van der Waals surface area contributed by atoms with Crippen LogP contribution in [0.2, 0.25) is 0 Å². The van der Waals surface area contributed by atoms with Crippen molar-refractivity contribution in [3.8, 4) is 22.8 Å². The van der Waals surface area contributed by atoms with Crippen LogP contribution in [0, 0.1) is 0 Å². The Morgan fingerprint density at radius 3 is 2.33 bits per heavy atom. The Labute approximate surface area is 287 Å². The molecule has 3 amide bonds. The third-order valence-corrected chi connectivity index (χ3v) is 9.20. The van der Waals surface area contributed by atoms with Gasteiger partial charge >= 0.3 is 0 Å². The van der Waals surface area contributed by atoms with Crippen LogP contribution >= 0.6 is 23.1 Å². The largest absolute Gasteiger partial charge is 0.497 e. The van der Waals surface area contributed by atoms with E-state index in [2.05, 4.69) is 20.9 Å². The molecule has 3 N–H and O–H groups in total. The molecule has 0 radical (unpaired) electrons. The minimum absolute atomic E-state index is 0.0541. The average Bonchev–Trinajstić information content (AvgIpc) is 3.59. The Kier molecular flexibility index (Phi) is 11.6. The van der Waals surface area contributed by atoms with Crippen LogP contribution in [0.1, 0.15) is 29.3 Å². The van der Waals surface area contributed by atoms with Gasteiger partial charge in [0.05, 0.1) is 25.2 Å². The number of nitrogens with zero attached hydrogens (tertiary/aromatic N) is 1. The van der Waals surface area contributed by atoms with Gasteiger partial charge in [-0.15, -0.1) is 23.1 Å². The fourth-order valence-electron chi connectivity index (χ4n) is 4.58. The van der Waals surface area contributed by atoms with E-state index >= 15 is 0 Å². The van der Waals surface area contributed by atoms with Crippen LogP contribution < -0.4 is 25.4 Å². The predicted octanol–water partition coefficient (Wildman–Crippen LogP) is 7.75. The van der Waals surface area contributed by atoms with Crippen molar-refractivity contribution < 1.29 is 23.9 Å². The van der Waals surface area contributed by atoms with Crippen LogP contribution in [-0.4, -0.2) is 42.2 Å². The van der Waals surface area contributed by atoms with E-state index in [9.17, 15) is 14.4 Å². The van der Waals surface area contributed by atoms with Gasteiger partial charge in [0.15, 0.2) is 5.13 Å². The summed E-state index contributed by atoms with van der Waals surface area (Å²) in [6.07, 6.45) is 2.16. The second kappa shape index (κ2) is 16.4. The van der Waals surface area contributed by atoms with Crippen LogP contribution in [0.25, 0.3) is 17.3 Å². The molecular formula is C37H34N4O5S2. The zero-order valence-corrected chi connectivity index (χ0v) is 28.2. The van der Waals surface area contributed by atoms with Gasteiger partial charge < -0.3 is 25.4 Å². The molecule has 0 saturated heterocycles. The third-order valence-electron chi connectivity index (χ3n) is 7.09. The maximum Gasteiger partial charge on any atom is 0.272 e. The number of aromatic nitrogens is 1. The summed E-state index contributed by atoms with van der Waals surface area (Å²) in [6, 6.07) is 30.6. The third kappa shape index (κ3) is 9.11. The van der Waals surface area contributed by atoms with Crippen LogP contribution in [0.5, 0.6) is 11.5 Å². The van der Waals surface area contributed by atoms with Gasteiger partial charge in [-0.1, -0.05) is 43.3 Å². The van der Waals surface area contributed by atoms with Gasteiger partial charge in [0.1, 0.15) is 17.2 Å². The zero-order chi connectivity index (χ0) is 33.9. The quantitative estimate of drug-likeness (QED) is 0.0861. The number of nitrogens with one attached hydrogen (secondary N) is 3. The van der Waals surface area contributed by atoms with Gasteiger partial charge in [-0.25, -0.2) is 4.98 Å². The number of carbonyl (C=O) groups is 3. The van der Waals surface area contributed by atoms with Crippen LogP contribution in [0.15, 0.2) is 119 Å². The van der Waals surface area contributed by atoms with Crippen molar-refractivity contribution in [2.24, 2.45) is 0 Å². The second-order valence-corrected chi connectivity index (χ2v) is 12.5. The number of benzene rings is 4. The number of thiazole rings is 1. The Bertz CT molecular complexity index is 1910. The predicted molar refractivity (Wildman–Crippen MR) is 193 cm³/mol. The molecule has 1 aromatic heterocycles. The SMILES string of the molecule is CCC(Sc1cccc(NC(=O)/C(=C/c2cccc(OC)c2)NC(=O)c2ccccc2)c1)C(=O)Nc1nc(-c2ccc(OC)cc2)cs1. The van der Waals surface area contributed by atoms with E-state index in [-0.39, 0.29) is 11.6 Å². The Morgan fingerprint density at radius 1 is 0.854 bits per heavy atom. The first-order chi connectivity index (χ1) is 23.3. The van der Waals surface area contributed by atoms with Crippen LogP contribution in [-0.2, 0) is 9.59 Å². The van der Waals surface area contributed by atoms with Crippen LogP contribution in [0.3, 0.4) is 0 Å². The number of hydrogen-bond donors (Lipinski definition) is 3. The molecule has 244 valence electrons. The van der Waals surface area contributed by atoms with Crippen LogP contribution in [0.4, 0.5) is 10.8 Å². The second-order valence-electron chi connectivity index (χ2n) is 10.4. The van der Waals surface area contributed by atoms with Crippen molar-refractivity contribution in [3.63, 3.8) is 0 Å². The van der Waals surface area contributed by atoms with E-state index in [4.69, 9.17) is 9.47 Å².